The molecule has 2 aromatic heterocycles. The van der Waals surface area contributed by atoms with E-state index >= 15 is 0 Å². The van der Waals surface area contributed by atoms with E-state index in [1.54, 1.807) is 0 Å². The average Bonchev–Trinajstić information content (AvgIpc) is 3.36. The zero-order valence-corrected chi connectivity index (χ0v) is 15.7. The van der Waals surface area contributed by atoms with Crippen molar-refractivity contribution in [2.45, 2.75) is 19.4 Å². The van der Waals surface area contributed by atoms with Crippen molar-refractivity contribution in [2.75, 3.05) is 18.4 Å². The van der Waals surface area contributed by atoms with E-state index in [-0.39, 0.29) is 17.5 Å². The number of likely N-dealkylation sites (tertiary alicyclic amines) is 1. The third kappa shape index (κ3) is 4.26. The van der Waals surface area contributed by atoms with E-state index < -0.39 is 11.6 Å². The smallest absolute Gasteiger partial charge is 0.241 e. The summed E-state index contributed by atoms with van der Waals surface area (Å²) >= 11 is 1.54. The van der Waals surface area contributed by atoms with Crippen LogP contribution in [0.3, 0.4) is 0 Å². The normalized spacial score (nSPS) is 17.6. The van der Waals surface area contributed by atoms with Crippen LogP contribution in [0.25, 0.3) is 10.7 Å². The molecule has 9 heteroatoms. The van der Waals surface area contributed by atoms with E-state index in [9.17, 15) is 13.6 Å². The molecule has 0 aliphatic carbocycles. The van der Waals surface area contributed by atoms with Gasteiger partial charge in [0, 0.05) is 12.6 Å². The maximum atomic E-state index is 13.8. The van der Waals surface area contributed by atoms with Crippen LogP contribution in [-0.2, 0) is 11.3 Å². The number of carbonyl (C=O) groups excluding carboxylic acids is 1. The number of thiophene rings is 1. The Labute approximate surface area is 164 Å². The lowest BCUT2D eigenvalue weighted by atomic mass is 9.97. The number of nitrogens with zero attached hydrogens (tertiary/aromatic N) is 3. The number of rotatable bonds is 5. The molecule has 0 spiro atoms. The fourth-order valence-electron chi connectivity index (χ4n) is 3.26. The van der Waals surface area contributed by atoms with Gasteiger partial charge in [-0.2, -0.15) is 4.98 Å². The van der Waals surface area contributed by atoms with E-state index in [2.05, 4.69) is 20.4 Å². The maximum absolute atomic E-state index is 13.8. The highest BCUT2D eigenvalue weighted by Crippen LogP contribution is 2.24. The minimum Gasteiger partial charge on any atom is -0.338 e. The largest absolute Gasteiger partial charge is 0.338 e. The van der Waals surface area contributed by atoms with Crippen LogP contribution in [0.15, 0.2) is 40.2 Å². The Bertz CT molecular complexity index is 961. The number of benzene rings is 1. The van der Waals surface area contributed by atoms with Crippen LogP contribution < -0.4 is 5.32 Å². The number of nitrogens with one attached hydrogen (secondary N) is 1. The second-order valence-electron chi connectivity index (χ2n) is 6.68. The molecule has 4 rings (SSSR count). The summed E-state index contributed by atoms with van der Waals surface area (Å²) in [6.45, 7) is 1.77. The third-order valence-electron chi connectivity index (χ3n) is 4.63. The molecular formula is C19H18F2N4O2S. The number of piperidine rings is 1. The number of anilines is 1. The second-order valence-corrected chi connectivity index (χ2v) is 7.62. The van der Waals surface area contributed by atoms with Crippen molar-refractivity contribution < 1.29 is 18.1 Å². The van der Waals surface area contributed by atoms with Crippen molar-refractivity contribution in [3.63, 3.8) is 0 Å². The van der Waals surface area contributed by atoms with Gasteiger partial charge in [0.05, 0.1) is 23.0 Å². The molecule has 1 fully saturated rings. The highest BCUT2D eigenvalue weighted by Gasteiger charge is 2.27. The van der Waals surface area contributed by atoms with Crippen molar-refractivity contribution in [1.82, 2.24) is 15.0 Å². The van der Waals surface area contributed by atoms with Gasteiger partial charge >= 0.3 is 0 Å². The van der Waals surface area contributed by atoms with Crippen LogP contribution in [0.1, 0.15) is 18.7 Å². The minimum atomic E-state index is -0.784. The van der Waals surface area contributed by atoms with Gasteiger partial charge in [-0.1, -0.05) is 11.2 Å². The number of carbonyl (C=O) groups is 1. The molecule has 6 nitrogen and oxygen atoms in total. The third-order valence-corrected chi connectivity index (χ3v) is 5.50. The first kappa shape index (κ1) is 18.7. The lowest BCUT2D eigenvalue weighted by Gasteiger charge is -2.30. The standard InChI is InChI=1S/C19H18F2N4O2S/c20-13-5-6-15(14(21)9-13)22-19(26)12-3-1-7-25(10-12)11-17-23-18(24-27-17)16-4-2-8-28-16/h2,4-6,8-9,12H,1,3,7,10-11H2,(H,22,26). The minimum absolute atomic E-state index is 0.0129. The Morgan fingerprint density at radius 1 is 1.36 bits per heavy atom. The zero-order chi connectivity index (χ0) is 19.5. The summed E-state index contributed by atoms with van der Waals surface area (Å²) < 4.78 is 32.1. The quantitative estimate of drug-likeness (QED) is 0.698. The first-order valence-electron chi connectivity index (χ1n) is 8.93. The topological polar surface area (TPSA) is 71.3 Å². The monoisotopic (exact) mass is 404 g/mol. The Morgan fingerprint density at radius 3 is 3.04 bits per heavy atom. The number of aromatic nitrogens is 2. The number of hydrogen-bond donors (Lipinski definition) is 1. The van der Waals surface area contributed by atoms with E-state index in [1.807, 2.05) is 17.5 Å². The first-order valence-corrected chi connectivity index (χ1v) is 9.81. The van der Waals surface area contributed by atoms with Gasteiger partial charge in [-0.15, -0.1) is 11.3 Å². The van der Waals surface area contributed by atoms with Gasteiger partial charge < -0.3 is 9.84 Å². The van der Waals surface area contributed by atoms with Gasteiger partial charge in [-0.25, -0.2) is 8.78 Å². The molecule has 1 amide bonds. The Hall–Kier alpha value is -2.65. The molecule has 1 atom stereocenters. The summed E-state index contributed by atoms with van der Waals surface area (Å²) in [5.74, 6) is -0.983. The highest BCUT2D eigenvalue weighted by molar-refractivity contribution is 7.13. The predicted octanol–water partition coefficient (Wildman–Crippen LogP) is 3.93. The molecule has 0 saturated carbocycles. The van der Waals surface area contributed by atoms with Gasteiger partial charge in [-0.3, -0.25) is 9.69 Å². The Kier molecular flexibility index (Phi) is 5.45. The molecule has 0 bridgehead atoms. The van der Waals surface area contributed by atoms with Crippen molar-refractivity contribution in [1.29, 1.82) is 0 Å². The molecule has 1 aromatic carbocycles. The summed E-state index contributed by atoms with van der Waals surface area (Å²) in [7, 11) is 0. The van der Waals surface area contributed by atoms with Gasteiger partial charge in [-0.05, 0) is 43.0 Å². The van der Waals surface area contributed by atoms with Crippen LogP contribution in [-0.4, -0.2) is 34.0 Å². The van der Waals surface area contributed by atoms with Gasteiger partial charge in [0.2, 0.25) is 17.6 Å². The van der Waals surface area contributed by atoms with E-state index in [4.69, 9.17) is 4.52 Å². The molecule has 3 heterocycles. The molecule has 3 aromatic rings. The van der Waals surface area contributed by atoms with E-state index in [0.717, 1.165) is 30.0 Å². The van der Waals surface area contributed by atoms with Crippen LogP contribution in [0.4, 0.5) is 14.5 Å². The average molecular weight is 404 g/mol. The summed E-state index contributed by atoms with van der Waals surface area (Å²) in [5, 5.41) is 8.50. The lowest BCUT2D eigenvalue weighted by Crippen LogP contribution is -2.40. The summed E-state index contributed by atoms with van der Waals surface area (Å²) in [6, 6.07) is 6.95. The maximum Gasteiger partial charge on any atom is 0.241 e. The Balaban J connectivity index is 1.37. The van der Waals surface area contributed by atoms with Gasteiger partial charge in [0.15, 0.2) is 0 Å². The van der Waals surface area contributed by atoms with Crippen LogP contribution in [0.2, 0.25) is 0 Å². The van der Waals surface area contributed by atoms with Crippen LogP contribution in [0.5, 0.6) is 0 Å². The summed E-state index contributed by atoms with van der Waals surface area (Å²) in [4.78, 5) is 19.9. The second kappa shape index (κ2) is 8.15. The molecule has 1 saturated heterocycles. The fraction of sp³-hybridized carbons (Fsp3) is 0.316. The fourth-order valence-corrected chi connectivity index (χ4v) is 3.90. The van der Waals surface area contributed by atoms with E-state index in [0.29, 0.717) is 31.2 Å². The van der Waals surface area contributed by atoms with Crippen LogP contribution in [0, 0.1) is 17.6 Å². The number of amides is 1. The lowest BCUT2D eigenvalue weighted by molar-refractivity contribution is -0.121. The number of hydrogen-bond acceptors (Lipinski definition) is 6. The summed E-state index contributed by atoms with van der Waals surface area (Å²) in [6.07, 6.45) is 1.53. The molecule has 1 aliphatic heterocycles. The van der Waals surface area contributed by atoms with Crippen molar-refractivity contribution in [2.24, 2.45) is 5.92 Å². The molecule has 1 unspecified atom stereocenters. The number of halogens is 2. The molecule has 1 aliphatic rings. The zero-order valence-electron chi connectivity index (χ0n) is 14.9. The highest BCUT2D eigenvalue weighted by atomic mass is 32.1. The first-order chi connectivity index (χ1) is 13.6. The molecule has 1 N–H and O–H groups in total. The van der Waals surface area contributed by atoms with Gasteiger partial charge in [0.1, 0.15) is 11.6 Å². The van der Waals surface area contributed by atoms with E-state index in [1.165, 1.54) is 17.4 Å². The molecule has 0 radical (unpaired) electrons. The summed E-state index contributed by atoms with van der Waals surface area (Å²) in [5.41, 5.74) is -0.0129. The Morgan fingerprint density at radius 2 is 2.25 bits per heavy atom. The van der Waals surface area contributed by atoms with Crippen molar-refractivity contribution in [3.8, 4) is 10.7 Å². The van der Waals surface area contributed by atoms with Gasteiger partial charge in [0.25, 0.3) is 0 Å². The van der Waals surface area contributed by atoms with Crippen LogP contribution >= 0.6 is 11.3 Å². The molecule has 146 valence electrons. The SMILES string of the molecule is O=C(Nc1ccc(F)cc1F)C1CCCN(Cc2nc(-c3cccs3)no2)C1. The van der Waals surface area contributed by atoms with Crippen molar-refractivity contribution in [3.05, 3.63) is 53.2 Å². The molecule has 28 heavy (non-hydrogen) atoms. The molecular weight excluding hydrogens is 386 g/mol. The predicted molar refractivity (Wildman–Crippen MR) is 101 cm³/mol. The van der Waals surface area contributed by atoms with Crippen molar-refractivity contribution >= 4 is 22.9 Å².